The normalized spacial score (nSPS) is 17.8. The Balaban J connectivity index is 1.50. The Morgan fingerprint density at radius 3 is 2.86 bits per heavy atom. The first kappa shape index (κ1) is 20.4. The van der Waals surface area contributed by atoms with Crippen LogP contribution in [0.2, 0.25) is 0 Å². The topological polar surface area (TPSA) is 66.7 Å². The van der Waals surface area contributed by atoms with Gasteiger partial charge in [-0.15, -0.1) is 0 Å². The van der Waals surface area contributed by atoms with E-state index in [1.54, 1.807) is 7.11 Å². The summed E-state index contributed by atoms with van der Waals surface area (Å²) in [6.45, 7) is 5.34. The molecule has 1 atom stereocenters. The predicted octanol–water partition coefficient (Wildman–Crippen LogP) is 1.71. The maximum atomic E-state index is 5.23. The fourth-order valence-corrected chi connectivity index (χ4v) is 3.70. The molecule has 7 nitrogen and oxygen atoms in total. The van der Waals surface area contributed by atoms with Gasteiger partial charge in [0.2, 0.25) is 0 Å². The Bertz CT molecular complexity index is 730. The number of aliphatic imine (C=N–C) groups is 1. The van der Waals surface area contributed by atoms with Gasteiger partial charge >= 0.3 is 0 Å². The number of ether oxygens (including phenoxy) is 1. The quantitative estimate of drug-likeness (QED) is 0.509. The van der Waals surface area contributed by atoms with Gasteiger partial charge in [0.05, 0.1) is 13.2 Å². The first-order valence-corrected chi connectivity index (χ1v) is 10.0. The lowest BCUT2D eigenvalue weighted by atomic mass is 10.1. The monoisotopic (exact) mass is 384 g/mol. The Morgan fingerprint density at radius 1 is 1.25 bits per heavy atom. The average molecular weight is 385 g/mol. The largest absolute Gasteiger partial charge is 0.383 e. The lowest BCUT2D eigenvalue weighted by Gasteiger charge is -2.25. The van der Waals surface area contributed by atoms with Crippen molar-refractivity contribution in [2.45, 2.75) is 32.0 Å². The SMILES string of the molecule is CN=C(NCc1ccccc1Cn1cccn1)NCC1CCCN1CCOC. The van der Waals surface area contributed by atoms with Crippen molar-refractivity contribution >= 4 is 5.96 Å². The van der Waals surface area contributed by atoms with E-state index in [-0.39, 0.29) is 0 Å². The molecule has 0 amide bonds. The molecule has 0 spiro atoms. The molecular weight excluding hydrogens is 352 g/mol. The third-order valence-corrected chi connectivity index (χ3v) is 5.27. The predicted molar refractivity (Wildman–Crippen MR) is 112 cm³/mol. The zero-order valence-electron chi connectivity index (χ0n) is 17.0. The van der Waals surface area contributed by atoms with Gasteiger partial charge in [0, 0.05) is 52.2 Å². The number of benzene rings is 1. The molecule has 2 N–H and O–H groups in total. The van der Waals surface area contributed by atoms with Crippen molar-refractivity contribution in [1.29, 1.82) is 0 Å². The van der Waals surface area contributed by atoms with Gasteiger partial charge in [-0.25, -0.2) is 0 Å². The van der Waals surface area contributed by atoms with Crippen LogP contribution in [0.15, 0.2) is 47.7 Å². The zero-order valence-corrected chi connectivity index (χ0v) is 17.0. The van der Waals surface area contributed by atoms with E-state index in [1.165, 1.54) is 24.0 Å². The number of guanidine groups is 1. The molecule has 1 aliphatic rings. The van der Waals surface area contributed by atoms with Gasteiger partial charge in [-0.05, 0) is 36.6 Å². The van der Waals surface area contributed by atoms with E-state index in [4.69, 9.17) is 4.74 Å². The lowest BCUT2D eigenvalue weighted by molar-refractivity contribution is 0.141. The highest BCUT2D eigenvalue weighted by Gasteiger charge is 2.23. The second kappa shape index (κ2) is 10.8. The lowest BCUT2D eigenvalue weighted by Crippen LogP contribution is -2.45. The third kappa shape index (κ3) is 5.81. The van der Waals surface area contributed by atoms with Crippen LogP contribution in [0.1, 0.15) is 24.0 Å². The third-order valence-electron chi connectivity index (χ3n) is 5.27. The van der Waals surface area contributed by atoms with Crippen LogP contribution in [0.4, 0.5) is 0 Å². The molecule has 1 aromatic heterocycles. The molecule has 3 rings (SSSR count). The zero-order chi connectivity index (χ0) is 19.6. The molecule has 28 heavy (non-hydrogen) atoms. The Kier molecular flexibility index (Phi) is 7.87. The van der Waals surface area contributed by atoms with E-state index >= 15 is 0 Å². The van der Waals surface area contributed by atoms with Crippen molar-refractivity contribution in [3.63, 3.8) is 0 Å². The molecule has 0 radical (unpaired) electrons. The standard InChI is InChI=1S/C21H32N6O/c1-22-21(24-16-20-9-5-11-26(20)13-14-28-2)23-15-18-7-3-4-8-19(18)17-27-12-6-10-25-27/h3-4,6-8,10,12,20H,5,9,11,13-17H2,1-2H3,(H2,22,23,24). The van der Waals surface area contributed by atoms with Crippen LogP contribution in [0.5, 0.6) is 0 Å². The molecule has 7 heteroatoms. The highest BCUT2D eigenvalue weighted by Crippen LogP contribution is 2.16. The van der Waals surface area contributed by atoms with Crippen molar-refractivity contribution in [3.05, 3.63) is 53.9 Å². The van der Waals surface area contributed by atoms with E-state index in [1.807, 2.05) is 30.2 Å². The summed E-state index contributed by atoms with van der Waals surface area (Å²) in [4.78, 5) is 6.89. The Morgan fingerprint density at radius 2 is 2.11 bits per heavy atom. The number of aromatic nitrogens is 2. The number of nitrogens with zero attached hydrogens (tertiary/aromatic N) is 4. The van der Waals surface area contributed by atoms with Gasteiger partial charge in [0.15, 0.2) is 5.96 Å². The Hall–Kier alpha value is -2.38. The molecule has 2 heterocycles. The minimum atomic E-state index is 0.542. The van der Waals surface area contributed by atoms with E-state index in [2.05, 4.69) is 49.9 Å². The molecular formula is C21H32N6O. The number of methoxy groups -OCH3 is 1. The van der Waals surface area contributed by atoms with E-state index in [0.717, 1.165) is 45.3 Å². The fourth-order valence-electron chi connectivity index (χ4n) is 3.70. The van der Waals surface area contributed by atoms with E-state index < -0.39 is 0 Å². The van der Waals surface area contributed by atoms with Gasteiger partial charge in [-0.3, -0.25) is 14.6 Å². The summed E-state index contributed by atoms with van der Waals surface area (Å²) in [7, 11) is 3.58. The maximum Gasteiger partial charge on any atom is 0.191 e. The van der Waals surface area contributed by atoms with Gasteiger partial charge < -0.3 is 15.4 Å². The highest BCUT2D eigenvalue weighted by molar-refractivity contribution is 5.79. The number of rotatable bonds is 9. The van der Waals surface area contributed by atoms with Crippen LogP contribution in [0.25, 0.3) is 0 Å². The second-order valence-corrected chi connectivity index (χ2v) is 7.10. The first-order chi connectivity index (χ1) is 13.8. The number of likely N-dealkylation sites (tertiary alicyclic amines) is 1. The minimum absolute atomic E-state index is 0.542. The summed E-state index contributed by atoms with van der Waals surface area (Å²) in [5.41, 5.74) is 2.51. The summed E-state index contributed by atoms with van der Waals surface area (Å²) < 4.78 is 7.18. The number of hydrogen-bond acceptors (Lipinski definition) is 4. The van der Waals surface area contributed by atoms with E-state index in [0.29, 0.717) is 6.04 Å². The molecule has 1 fully saturated rings. The van der Waals surface area contributed by atoms with Gasteiger partial charge in [-0.2, -0.15) is 5.10 Å². The molecule has 1 aliphatic heterocycles. The van der Waals surface area contributed by atoms with Crippen molar-refractivity contribution < 1.29 is 4.74 Å². The summed E-state index contributed by atoms with van der Waals surface area (Å²) in [5, 5.41) is 11.3. The minimum Gasteiger partial charge on any atom is -0.383 e. The summed E-state index contributed by atoms with van der Waals surface area (Å²) in [6.07, 6.45) is 6.27. The average Bonchev–Trinajstić information content (AvgIpc) is 3.39. The van der Waals surface area contributed by atoms with Crippen LogP contribution < -0.4 is 10.6 Å². The summed E-state index contributed by atoms with van der Waals surface area (Å²) in [5.74, 6) is 0.840. The number of nitrogens with one attached hydrogen (secondary N) is 2. The summed E-state index contributed by atoms with van der Waals surface area (Å²) in [6, 6.07) is 11.0. The van der Waals surface area contributed by atoms with Crippen molar-refractivity contribution in [1.82, 2.24) is 25.3 Å². The molecule has 1 unspecified atom stereocenters. The molecule has 1 saturated heterocycles. The van der Waals surface area contributed by atoms with Crippen molar-refractivity contribution in [2.75, 3.05) is 40.4 Å². The molecule has 0 bridgehead atoms. The van der Waals surface area contributed by atoms with Gasteiger partial charge in [-0.1, -0.05) is 24.3 Å². The molecule has 152 valence electrons. The summed E-state index contributed by atoms with van der Waals surface area (Å²) >= 11 is 0. The molecule has 2 aromatic rings. The smallest absolute Gasteiger partial charge is 0.191 e. The first-order valence-electron chi connectivity index (χ1n) is 10.0. The van der Waals surface area contributed by atoms with Crippen LogP contribution in [0, 0.1) is 0 Å². The van der Waals surface area contributed by atoms with Crippen LogP contribution >= 0.6 is 0 Å². The van der Waals surface area contributed by atoms with E-state index in [9.17, 15) is 0 Å². The fraction of sp³-hybridized carbons (Fsp3) is 0.524. The van der Waals surface area contributed by atoms with Gasteiger partial charge in [0.25, 0.3) is 0 Å². The van der Waals surface area contributed by atoms with Crippen molar-refractivity contribution in [3.8, 4) is 0 Å². The van der Waals surface area contributed by atoms with Crippen molar-refractivity contribution in [2.24, 2.45) is 4.99 Å². The highest BCUT2D eigenvalue weighted by atomic mass is 16.5. The second-order valence-electron chi connectivity index (χ2n) is 7.10. The van der Waals surface area contributed by atoms with Gasteiger partial charge in [0.1, 0.15) is 0 Å². The molecule has 0 saturated carbocycles. The van der Waals surface area contributed by atoms with Crippen LogP contribution in [-0.4, -0.2) is 67.1 Å². The maximum absolute atomic E-state index is 5.23. The molecule has 1 aromatic carbocycles. The number of hydrogen-bond donors (Lipinski definition) is 2. The Labute approximate surface area is 167 Å². The van der Waals surface area contributed by atoms with Crippen LogP contribution in [0.3, 0.4) is 0 Å². The molecule has 0 aliphatic carbocycles. The van der Waals surface area contributed by atoms with Crippen LogP contribution in [-0.2, 0) is 17.8 Å².